The van der Waals surface area contributed by atoms with E-state index in [1.165, 1.54) is 16.0 Å². The van der Waals surface area contributed by atoms with E-state index < -0.39 is 0 Å². The van der Waals surface area contributed by atoms with Gasteiger partial charge in [0.2, 0.25) is 0 Å². The van der Waals surface area contributed by atoms with Crippen LogP contribution in [-0.2, 0) is 4.74 Å². The number of nitrogens with one attached hydrogen (secondary N) is 3. The maximum atomic E-state index is 11.9. The average Bonchev–Trinajstić information content (AvgIpc) is 3.30. The number of thiophene rings is 1. The lowest BCUT2D eigenvalue weighted by atomic mass is 10.2. The molecule has 1 saturated heterocycles. The normalized spacial score (nSPS) is 16.5. The summed E-state index contributed by atoms with van der Waals surface area (Å²) in [6.45, 7) is 4.15. The number of amides is 1. The quantitative estimate of drug-likeness (QED) is 0.677. The molecule has 0 aromatic carbocycles. The number of ether oxygens (including phenoxy) is 1. The van der Waals surface area contributed by atoms with Crippen molar-refractivity contribution < 1.29 is 18.8 Å². The molecule has 1 amide bonds. The van der Waals surface area contributed by atoms with Crippen molar-refractivity contribution in [3.63, 3.8) is 0 Å². The molecule has 0 aliphatic carbocycles. The molecule has 1 aliphatic rings. The lowest BCUT2D eigenvalue weighted by Gasteiger charge is -2.31. The van der Waals surface area contributed by atoms with E-state index >= 15 is 0 Å². The minimum absolute atomic E-state index is 0.243. The monoisotopic (exact) mass is 366 g/mol. The van der Waals surface area contributed by atoms with Crippen LogP contribution in [0.1, 0.15) is 21.5 Å². The Morgan fingerprint density at radius 2 is 2.17 bits per heavy atom. The zero-order valence-electron chi connectivity index (χ0n) is 13.1. The molecule has 2 aromatic heterocycles. The Kier molecular flexibility index (Phi) is 5.97. The molecule has 24 heavy (non-hydrogen) atoms. The number of hydrogen-bond donors (Lipinski definition) is 3. The third-order valence-electron chi connectivity index (χ3n) is 3.95. The van der Waals surface area contributed by atoms with Crippen molar-refractivity contribution in [1.29, 1.82) is 0 Å². The van der Waals surface area contributed by atoms with Gasteiger partial charge in [-0.15, -0.1) is 11.3 Å². The summed E-state index contributed by atoms with van der Waals surface area (Å²) in [4.78, 5) is 14.7. The summed E-state index contributed by atoms with van der Waals surface area (Å²) < 4.78 is 10.5. The standard InChI is InChI=1S/C16H19N3O3S2/c20-15(13-3-1-7-22-13)18-16(23)17-11-12(14-4-2-10-24-14)19-5-8-21-9-6-19/h1-4,7,10,12H,5-6,8-9,11H2,(H2,17,18,20,23)/p+1/t12-/m1/s1. The highest BCUT2D eigenvalue weighted by molar-refractivity contribution is 7.80. The Morgan fingerprint density at radius 1 is 1.33 bits per heavy atom. The molecule has 0 radical (unpaired) electrons. The van der Waals surface area contributed by atoms with E-state index in [2.05, 4.69) is 28.1 Å². The number of carbonyl (C=O) groups is 1. The van der Waals surface area contributed by atoms with Crippen LogP contribution in [0.3, 0.4) is 0 Å². The van der Waals surface area contributed by atoms with Crippen LogP contribution in [0, 0.1) is 0 Å². The molecule has 3 N–H and O–H groups in total. The van der Waals surface area contributed by atoms with E-state index in [-0.39, 0.29) is 17.7 Å². The fraction of sp³-hybridized carbons (Fsp3) is 0.375. The molecule has 0 saturated carbocycles. The van der Waals surface area contributed by atoms with E-state index in [0.717, 1.165) is 26.3 Å². The molecule has 1 aliphatic heterocycles. The van der Waals surface area contributed by atoms with Gasteiger partial charge in [-0.25, -0.2) is 0 Å². The number of thiocarbonyl (C=S) groups is 1. The Hall–Kier alpha value is -1.74. The molecule has 3 rings (SSSR count). The van der Waals surface area contributed by atoms with Crippen molar-refractivity contribution in [3.8, 4) is 0 Å². The summed E-state index contributed by atoms with van der Waals surface area (Å²) in [5, 5.41) is 8.20. The lowest BCUT2D eigenvalue weighted by molar-refractivity contribution is -0.937. The van der Waals surface area contributed by atoms with Crippen LogP contribution in [-0.4, -0.2) is 43.9 Å². The van der Waals surface area contributed by atoms with Gasteiger partial charge < -0.3 is 19.4 Å². The van der Waals surface area contributed by atoms with Gasteiger partial charge in [0.25, 0.3) is 5.91 Å². The van der Waals surface area contributed by atoms with Gasteiger partial charge in [-0.3, -0.25) is 10.1 Å². The highest BCUT2D eigenvalue weighted by atomic mass is 32.1. The summed E-state index contributed by atoms with van der Waals surface area (Å²) in [5.74, 6) is -0.100. The van der Waals surface area contributed by atoms with E-state index in [9.17, 15) is 4.79 Å². The van der Waals surface area contributed by atoms with Gasteiger partial charge in [0.1, 0.15) is 19.1 Å². The number of hydrogen-bond acceptors (Lipinski definition) is 5. The van der Waals surface area contributed by atoms with Crippen molar-refractivity contribution in [2.45, 2.75) is 6.04 Å². The Balaban J connectivity index is 1.56. The van der Waals surface area contributed by atoms with Gasteiger partial charge in [0, 0.05) is 0 Å². The predicted octanol–water partition coefficient (Wildman–Crippen LogP) is 0.602. The van der Waals surface area contributed by atoms with Crippen LogP contribution >= 0.6 is 23.6 Å². The number of quaternary nitrogens is 1. The number of carbonyl (C=O) groups excluding carboxylic acids is 1. The maximum absolute atomic E-state index is 11.9. The number of rotatable bonds is 5. The average molecular weight is 366 g/mol. The first-order valence-corrected chi connectivity index (χ1v) is 9.11. The Labute approximate surface area is 149 Å². The third-order valence-corrected chi connectivity index (χ3v) is 5.19. The molecule has 128 valence electrons. The summed E-state index contributed by atoms with van der Waals surface area (Å²) >= 11 is 6.98. The number of furan rings is 1. The Bertz CT molecular complexity index is 652. The summed E-state index contributed by atoms with van der Waals surface area (Å²) in [6, 6.07) is 7.75. The predicted molar refractivity (Wildman–Crippen MR) is 95.4 cm³/mol. The second kappa shape index (κ2) is 8.39. The lowest BCUT2D eigenvalue weighted by Crippen LogP contribution is -3.15. The van der Waals surface area contributed by atoms with Crippen LogP contribution in [0.25, 0.3) is 0 Å². The van der Waals surface area contributed by atoms with Crippen molar-refractivity contribution >= 4 is 34.6 Å². The van der Waals surface area contributed by atoms with Crippen LogP contribution in [0.2, 0.25) is 0 Å². The second-order valence-corrected chi connectivity index (χ2v) is 6.87. The topological polar surface area (TPSA) is 67.9 Å². The van der Waals surface area contributed by atoms with Crippen molar-refractivity contribution in [2.75, 3.05) is 32.8 Å². The maximum Gasteiger partial charge on any atom is 0.293 e. The summed E-state index contributed by atoms with van der Waals surface area (Å²) in [5.41, 5.74) is 0. The van der Waals surface area contributed by atoms with E-state index in [1.54, 1.807) is 23.5 Å². The van der Waals surface area contributed by atoms with Gasteiger partial charge in [-0.05, 0) is 35.8 Å². The molecule has 0 unspecified atom stereocenters. The third kappa shape index (κ3) is 4.41. The van der Waals surface area contributed by atoms with Crippen LogP contribution in [0.4, 0.5) is 0 Å². The zero-order valence-corrected chi connectivity index (χ0v) is 14.8. The van der Waals surface area contributed by atoms with E-state index in [1.807, 2.05) is 0 Å². The van der Waals surface area contributed by atoms with E-state index in [0.29, 0.717) is 11.7 Å². The van der Waals surface area contributed by atoms with Crippen molar-refractivity contribution in [3.05, 3.63) is 46.5 Å². The van der Waals surface area contributed by atoms with Crippen LogP contribution in [0.5, 0.6) is 0 Å². The molecule has 3 heterocycles. The van der Waals surface area contributed by atoms with Crippen molar-refractivity contribution in [1.82, 2.24) is 10.6 Å². The van der Waals surface area contributed by atoms with Crippen molar-refractivity contribution in [2.24, 2.45) is 0 Å². The Morgan fingerprint density at radius 3 is 2.83 bits per heavy atom. The summed E-state index contributed by atoms with van der Waals surface area (Å²) in [6.07, 6.45) is 1.46. The van der Waals surface area contributed by atoms with Gasteiger partial charge in [-0.2, -0.15) is 0 Å². The molecule has 6 nitrogen and oxygen atoms in total. The molecular weight excluding hydrogens is 346 g/mol. The van der Waals surface area contributed by atoms with Crippen LogP contribution in [0.15, 0.2) is 40.3 Å². The number of morpholine rings is 1. The molecule has 0 spiro atoms. The minimum Gasteiger partial charge on any atom is -0.459 e. The second-order valence-electron chi connectivity index (χ2n) is 5.48. The smallest absolute Gasteiger partial charge is 0.293 e. The SMILES string of the molecule is O=C(NC(=S)NC[C@H](c1cccs1)[NH+]1CCOCC1)c1ccco1. The highest BCUT2D eigenvalue weighted by Gasteiger charge is 2.27. The molecule has 2 aromatic rings. The minimum atomic E-state index is -0.344. The molecular formula is C16H20N3O3S2+. The zero-order chi connectivity index (χ0) is 16.8. The molecule has 1 fully saturated rings. The first kappa shape index (κ1) is 17.1. The fourth-order valence-corrected chi connectivity index (χ4v) is 3.79. The first-order valence-electron chi connectivity index (χ1n) is 7.82. The van der Waals surface area contributed by atoms with Gasteiger partial charge >= 0.3 is 0 Å². The van der Waals surface area contributed by atoms with Gasteiger partial charge in [0.05, 0.1) is 30.9 Å². The van der Waals surface area contributed by atoms with Gasteiger partial charge in [0.15, 0.2) is 10.9 Å². The fourth-order valence-electron chi connectivity index (χ4n) is 2.73. The van der Waals surface area contributed by atoms with Crippen LogP contribution < -0.4 is 15.5 Å². The summed E-state index contributed by atoms with van der Waals surface area (Å²) in [7, 11) is 0. The first-order chi connectivity index (χ1) is 11.7. The largest absolute Gasteiger partial charge is 0.459 e. The molecule has 0 bridgehead atoms. The van der Waals surface area contributed by atoms with E-state index in [4.69, 9.17) is 21.4 Å². The highest BCUT2D eigenvalue weighted by Crippen LogP contribution is 2.16. The molecule has 8 heteroatoms. The molecule has 1 atom stereocenters. The van der Waals surface area contributed by atoms with Gasteiger partial charge in [-0.1, -0.05) is 6.07 Å².